The van der Waals surface area contributed by atoms with Crippen molar-refractivity contribution in [3.63, 3.8) is 0 Å². The number of rotatable bonds is 5. The Bertz CT molecular complexity index is 1160. The van der Waals surface area contributed by atoms with Crippen LogP contribution < -0.4 is 14.8 Å². The highest BCUT2D eigenvalue weighted by atomic mass is 35.5. The zero-order valence-electron chi connectivity index (χ0n) is 18.0. The molecule has 1 atom stereocenters. The molecule has 0 aromatic heterocycles. The van der Waals surface area contributed by atoms with Gasteiger partial charge in [0.1, 0.15) is 6.61 Å². The van der Waals surface area contributed by atoms with E-state index in [1.165, 1.54) is 18.2 Å². The lowest BCUT2D eigenvalue weighted by Crippen LogP contribution is -2.54. The number of fused-ring (bicyclic) bond motifs is 1. The van der Waals surface area contributed by atoms with Crippen molar-refractivity contribution in [3.05, 3.63) is 47.5 Å². The van der Waals surface area contributed by atoms with Crippen LogP contribution in [0.3, 0.4) is 0 Å². The molecule has 1 fully saturated rings. The first-order chi connectivity index (χ1) is 15.7. The highest BCUT2D eigenvalue weighted by Gasteiger charge is 2.33. The Morgan fingerprint density at radius 3 is 2.48 bits per heavy atom. The van der Waals surface area contributed by atoms with E-state index in [9.17, 15) is 18.0 Å². The molecule has 33 heavy (non-hydrogen) atoms. The maximum atomic E-state index is 12.8. The van der Waals surface area contributed by atoms with Crippen LogP contribution in [0.1, 0.15) is 0 Å². The average molecular weight is 494 g/mol. The fraction of sp³-hybridized carbons (Fsp3) is 0.364. The molecule has 2 aromatic carbocycles. The predicted molar refractivity (Wildman–Crippen MR) is 123 cm³/mol. The lowest BCUT2D eigenvalue weighted by molar-refractivity contribution is -0.143. The van der Waals surface area contributed by atoms with Crippen LogP contribution in [0.25, 0.3) is 0 Å². The third-order valence-corrected chi connectivity index (χ3v) is 6.92. The van der Waals surface area contributed by atoms with Crippen LogP contribution in [0, 0.1) is 0 Å². The van der Waals surface area contributed by atoms with Gasteiger partial charge in [-0.3, -0.25) is 14.5 Å². The summed E-state index contributed by atoms with van der Waals surface area (Å²) in [5, 5.41) is 2.92. The Morgan fingerprint density at radius 2 is 1.79 bits per heavy atom. The second-order valence-corrected chi connectivity index (χ2v) is 10.4. The van der Waals surface area contributed by atoms with Crippen LogP contribution in [0.5, 0.6) is 11.5 Å². The lowest BCUT2D eigenvalue weighted by Gasteiger charge is -2.36. The van der Waals surface area contributed by atoms with Gasteiger partial charge in [0.25, 0.3) is 5.91 Å². The molecule has 1 N–H and O–H groups in total. The number of ether oxygens (including phenoxy) is 2. The molecule has 0 saturated carbocycles. The SMILES string of the molecule is CS(=O)(=O)c1ccc(Cl)c(NC(=O)CN2CCN(C(=O)C3COc4ccccc4O3)CC2)c1. The first kappa shape index (κ1) is 23.3. The number of hydrogen-bond acceptors (Lipinski definition) is 7. The van der Waals surface area contributed by atoms with Crippen molar-refractivity contribution < 1.29 is 27.5 Å². The van der Waals surface area contributed by atoms with E-state index in [1.807, 2.05) is 17.0 Å². The molecule has 2 aliphatic heterocycles. The number of para-hydroxylation sites is 2. The molecule has 1 saturated heterocycles. The molecule has 2 heterocycles. The number of hydrogen-bond donors (Lipinski definition) is 1. The molecule has 2 aromatic rings. The number of nitrogens with zero attached hydrogens (tertiary/aromatic N) is 2. The molecule has 0 radical (unpaired) electrons. The van der Waals surface area contributed by atoms with Gasteiger partial charge in [0, 0.05) is 32.4 Å². The molecule has 2 aliphatic rings. The van der Waals surface area contributed by atoms with Crippen LogP contribution in [-0.2, 0) is 19.4 Å². The summed E-state index contributed by atoms with van der Waals surface area (Å²) in [5.41, 5.74) is 0.244. The summed E-state index contributed by atoms with van der Waals surface area (Å²) in [5.74, 6) is 0.719. The summed E-state index contributed by atoms with van der Waals surface area (Å²) in [6.45, 7) is 2.19. The van der Waals surface area contributed by atoms with Crippen LogP contribution in [0.4, 0.5) is 5.69 Å². The average Bonchev–Trinajstić information content (AvgIpc) is 2.79. The number of carbonyl (C=O) groups is 2. The molecule has 2 amide bonds. The molecule has 4 rings (SSSR count). The number of anilines is 1. The molecule has 0 bridgehead atoms. The van der Waals surface area contributed by atoms with Crippen molar-refractivity contribution in [2.24, 2.45) is 0 Å². The molecule has 0 aliphatic carbocycles. The summed E-state index contributed by atoms with van der Waals surface area (Å²) in [7, 11) is -3.42. The number of benzene rings is 2. The van der Waals surface area contributed by atoms with Crippen molar-refractivity contribution in [3.8, 4) is 11.5 Å². The second kappa shape index (κ2) is 9.58. The largest absolute Gasteiger partial charge is 0.485 e. The number of carbonyl (C=O) groups excluding carboxylic acids is 2. The summed E-state index contributed by atoms with van der Waals surface area (Å²) in [6.07, 6.45) is 0.394. The van der Waals surface area contributed by atoms with E-state index in [0.717, 1.165) is 6.26 Å². The van der Waals surface area contributed by atoms with E-state index < -0.39 is 15.9 Å². The molecule has 1 unspecified atom stereocenters. The number of nitrogens with one attached hydrogen (secondary N) is 1. The molecule has 11 heteroatoms. The topological polar surface area (TPSA) is 105 Å². The third-order valence-electron chi connectivity index (χ3n) is 5.48. The van der Waals surface area contributed by atoms with Gasteiger partial charge in [-0.2, -0.15) is 0 Å². The zero-order chi connectivity index (χ0) is 23.6. The minimum Gasteiger partial charge on any atom is -0.485 e. The van der Waals surface area contributed by atoms with Gasteiger partial charge < -0.3 is 19.7 Å². The zero-order valence-corrected chi connectivity index (χ0v) is 19.6. The number of amides is 2. The van der Waals surface area contributed by atoms with Gasteiger partial charge in [-0.05, 0) is 30.3 Å². The van der Waals surface area contributed by atoms with Crippen LogP contribution in [0.15, 0.2) is 47.4 Å². The molecular formula is C22H24ClN3O6S. The van der Waals surface area contributed by atoms with E-state index in [-0.39, 0.29) is 40.6 Å². The molecule has 176 valence electrons. The van der Waals surface area contributed by atoms with Crippen LogP contribution in [0.2, 0.25) is 5.02 Å². The highest BCUT2D eigenvalue weighted by molar-refractivity contribution is 7.90. The Morgan fingerprint density at radius 1 is 1.09 bits per heavy atom. The first-order valence-electron chi connectivity index (χ1n) is 10.4. The minimum atomic E-state index is -3.42. The summed E-state index contributed by atoms with van der Waals surface area (Å²) in [4.78, 5) is 29.0. The fourth-order valence-electron chi connectivity index (χ4n) is 3.69. The van der Waals surface area contributed by atoms with E-state index in [0.29, 0.717) is 37.7 Å². The standard InChI is InChI=1S/C22H24ClN3O6S/c1-33(29,30)15-6-7-16(23)17(12-15)24-21(27)13-25-8-10-26(11-9-25)22(28)20-14-31-18-4-2-3-5-19(18)32-20/h2-7,12,20H,8-11,13-14H2,1H3,(H,24,27). The number of piperazine rings is 1. The van der Waals surface area contributed by atoms with Crippen LogP contribution in [-0.4, -0.2) is 81.7 Å². The maximum Gasteiger partial charge on any atom is 0.267 e. The number of halogens is 1. The Balaban J connectivity index is 1.28. The smallest absolute Gasteiger partial charge is 0.267 e. The molecule has 0 spiro atoms. The molecular weight excluding hydrogens is 470 g/mol. The van der Waals surface area contributed by atoms with E-state index in [4.69, 9.17) is 21.1 Å². The van der Waals surface area contributed by atoms with Gasteiger partial charge in [-0.15, -0.1) is 0 Å². The third kappa shape index (κ3) is 5.58. The summed E-state index contributed by atoms with van der Waals surface area (Å²) in [6, 6.07) is 11.4. The monoisotopic (exact) mass is 493 g/mol. The van der Waals surface area contributed by atoms with Crippen molar-refractivity contribution in [1.29, 1.82) is 0 Å². The van der Waals surface area contributed by atoms with Gasteiger partial charge in [-0.25, -0.2) is 8.42 Å². The Kier molecular flexibility index (Phi) is 6.78. The predicted octanol–water partition coefficient (Wildman–Crippen LogP) is 1.67. The normalized spacial score (nSPS) is 18.6. The molecule has 9 nitrogen and oxygen atoms in total. The first-order valence-corrected chi connectivity index (χ1v) is 12.7. The second-order valence-electron chi connectivity index (χ2n) is 7.93. The fourth-order valence-corrected chi connectivity index (χ4v) is 4.51. The van der Waals surface area contributed by atoms with E-state index in [2.05, 4.69) is 5.32 Å². The van der Waals surface area contributed by atoms with Gasteiger partial charge in [0.15, 0.2) is 21.3 Å². The lowest BCUT2D eigenvalue weighted by atomic mass is 10.2. The minimum absolute atomic E-state index is 0.0749. The maximum absolute atomic E-state index is 12.8. The van der Waals surface area contributed by atoms with Gasteiger partial charge >= 0.3 is 0 Å². The van der Waals surface area contributed by atoms with Crippen LogP contribution >= 0.6 is 11.6 Å². The van der Waals surface area contributed by atoms with Crippen molar-refractivity contribution in [2.75, 3.05) is 50.9 Å². The van der Waals surface area contributed by atoms with E-state index >= 15 is 0 Å². The highest BCUT2D eigenvalue weighted by Crippen LogP contribution is 2.31. The summed E-state index contributed by atoms with van der Waals surface area (Å²) < 4.78 is 34.9. The van der Waals surface area contributed by atoms with Crippen molar-refractivity contribution in [2.45, 2.75) is 11.0 Å². The van der Waals surface area contributed by atoms with E-state index in [1.54, 1.807) is 17.0 Å². The van der Waals surface area contributed by atoms with Gasteiger partial charge in [0.05, 0.1) is 22.2 Å². The van der Waals surface area contributed by atoms with Crippen molar-refractivity contribution >= 4 is 38.9 Å². The Labute approximate surface area is 197 Å². The Hall–Kier alpha value is -2.82. The number of sulfone groups is 1. The van der Waals surface area contributed by atoms with Crippen molar-refractivity contribution in [1.82, 2.24) is 9.80 Å². The van der Waals surface area contributed by atoms with Gasteiger partial charge in [-0.1, -0.05) is 23.7 Å². The summed E-state index contributed by atoms with van der Waals surface area (Å²) >= 11 is 6.10. The van der Waals surface area contributed by atoms with Gasteiger partial charge in [0.2, 0.25) is 12.0 Å². The quantitative estimate of drug-likeness (QED) is 0.675.